The second-order valence-electron chi connectivity index (χ2n) is 7.78. The van der Waals surface area contributed by atoms with Crippen molar-refractivity contribution >= 4 is 0 Å². The van der Waals surface area contributed by atoms with Crippen molar-refractivity contribution in [1.29, 1.82) is 0 Å². The number of hydrogen-bond acceptors (Lipinski definition) is 2. The minimum absolute atomic E-state index is 0.344. The fourth-order valence-corrected chi connectivity index (χ4v) is 4.15. The zero-order valence-corrected chi connectivity index (χ0v) is 12.5. The van der Waals surface area contributed by atoms with Gasteiger partial charge in [-0.15, -0.1) is 0 Å². The Kier molecular flexibility index (Phi) is 3.22. The van der Waals surface area contributed by atoms with E-state index in [0.717, 1.165) is 18.5 Å². The van der Waals surface area contributed by atoms with Crippen molar-refractivity contribution in [1.82, 2.24) is 10.2 Å². The number of nitrogens with zero attached hydrogens (tertiary/aromatic N) is 1. The molecule has 1 heterocycles. The third-order valence-corrected chi connectivity index (χ3v) is 5.70. The van der Waals surface area contributed by atoms with Gasteiger partial charge in [-0.25, -0.2) is 0 Å². The third kappa shape index (κ3) is 2.34. The summed E-state index contributed by atoms with van der Waals surface area (Å²) in [6, 6.07) is 0.855. The molecule has 1 aliphatic heterocycles. The van der Waals surface area contributed by atoms with Gasteiger partial charge >= 0.3 is 0 Å². The van der Waals surface area contributed by atoms with Crippen LogP contribution in [0.2, 0.25) is 0 Å². The first kappa shape index (κ1) is 12.9. The quantitative estimate of drug-likeness (QED) is 0.810. The Balaban J connectivity index is 1.74. The van der Waals surface area contributed by atoms with Gasteiger partial charge in [-0.1, -0.05) is 19.3 Å². The number of nitrogens with one attached hydrogen (secondary N) is 1. The SMILES string of the molecule is CC1(C2CC2)CN(C2CCCCC2)C(C)(C)CN1. The predicted octanol–water partition coefficient (Wildman–Crippen LogP) is 3.17. The third-order valence-electron chi connectivity index (χ3n) is 5.70. The molecule has 0 aromatic heterocycles. The maximum Gasteiger partial charge on any atom is 0.0309 e. The van der Waals surface area contributed by atoms with Gasteiger partial charge in [0.2, 0.25) is 0 Å². The summed E-state index contributed by atoms with van der Waals surface area (Å²) in [6.07, 6.45) is 10.1. The molecule has 2 nitrogen and oxygen atoms in total. The molecule has 0 radical (unpaired) electrons. The Morgan fingerprint density at radius 2 is 1.61 bits per heavy atom. The Hall–Kier alpha value is -0.0800. The summed E-state index contributed by atoms with van der Waals surface area (Å²) in [5, 5.41) is 3.88. The maximum atomic E-state index is 3.88. The number of piperazine rings is 1. The summed E-state index contributed by atoms with van der Waals surface area (Å²) in [4.78, 5) is 2.86. The van der Waals surface area contributed by atoms with Gasteiger partial charge in [-0.3, -0.25) is 4.90 Å². The molecule has 0 aromatic carbocycles. The Bertz CT molecular complexity index is 302. The van der Waals surface area contributed by atoms with Crippen molar-refractivity contribution in [3.8, 4) is 0 Å². The van der Waals surface area contributed by atoms with Crippen molar-refractivity contribution in [2.45, 2.75) is 82.8 Å². The van der Waals surface area contributed by atoms with Crippen LogP contribution in [0.4, 0.5) is 0 Å². The molecule has 18 heavy (non-hydrogen) atoms. The Morgan fingerprint density at radius 1 is 0.944 bits per heavy atom. The molecule has 1 unspecified atom stereocenters. The molecule has 0 amide bonds. The minimum Gasteiger partial charge on any atom is -0.308 e. The monoisotopic (exact) mass is 250 g/mol. The lowest BCUT2D eigenvalue weighted by atomic mass is 9.82. The molecular formula is C16H30N2. The van der Waals surface area contributed by atoms with Gasteiger partial charge in [0.15, 0.2) is 0 Å². The standard InChI is InChI=1S/C16H30N2/c1-15(2)11-17-16(3,13-9-10-13)12-18(15)14-7-5-4-6-8-14/h13-14,17H,4-12H2,1-3H3. The molecule has 3 aliphatic rings. The molecular weight excluding hydrogens is 220 g/mol. The molecule has 1 atom stereocenters. The summed E-state index contributed by atoms with van der Waals surface area (Å²) < 4.78 is 0. The van der Waals surface area contributed by atoms with Crippen molar-refractivity contribution in [2.24, 2.45) is 5.92 Å². The highest BCUT2D eigenvalue weighted by atomic mass is 15.3. The summed E-state index contributed by atoms with van der Waals surface area (Å²) in [6.45, 7) is 9.77. The van der Waals surface area contributed by atoms with E-state index in [1.807, 2.05) is 0 Å². The van der Waals surface area contributed by atoms with Crippen LogP contribution in [0.5, 0.6) is 0 Å². The van der Waals surface area contributed by atoms with E-state index in [1.165, 1.54) is 51.5 Å². The Morgan fingerprint density at radius 3 is 2.22 bits per heavy atom. The second kappa shape index (κ2) is 4.49. The number of rotatable bonds is 2. The average molecular weight is 250 g/mol. The van der Waals surface area contributed by atoms with E-state index in [0.29, 0.717) is 11.1 Å². The van der Waals surface area contributed by atoms with Gasteiger partial charge < -0.3 is 5.32 Å². The molecule has 0 bridgehead atoms. The van der Waals surface area contributed by atoms with E-state index in [-0.39, 0.29) is 0 Å². The second-order valence-corrected chi connectivity index (χ2v) is 7.78. The van der Waals surface area contributed by atoms with Gasteiger partial charge in [0.1, 0.15) is 0 Å². The van der Waals surface area contributed by atoms with Crippen LogP contribution < -0.4 is 5.32 Å². The van der Waals surface area contributed by atoms with E-state index in [1.54, 1.807) is 0 Å². The fraction of sp³-hybridized carbons (Fsp3) is 1.00. The zero-order valence-electron chi connectivity index (χ0n) is 12.5. The highest BCUT2D eigenvalue weighted by molar-refractivity contribution is 5.07. The Labute approximate surface area is 113 Å². The van der Waals surface area contributed by atoms with E-state index >= 15 is 0 Å². The maximum absolute atomic E-state index is 3.88. The lowest BCUT2D eigenvalue weighted by Crippen LogP contribution is -2.70. The van der Waals surface area contributed by atoms with Crippen molar-refractivity contribution in [3.63, 3.8) is 0 Å². The lowest BCUT2D eigenvalue weighted by Gasteiger charge is -2.55. The first-order valence-electron chi connectivity index (χ1n) is 8.03. The van der Waals surface area contributed by atoms with Gasteiger partial charge in [-0.05, 0) is 52.4 Å². The van der Waals surface area contributed by atoms with Crippen LogP contribution in [0.25, 0.3) is 0 Å². The summed E-state index contributed by atoms with van der Waals surface area (Å²) in [5.41, 5.74) is 0.739. The molecule has 3 rings (SSSR count). The molecule has 1 saturated heterocycles. The summed E-state index contributed by atoms with van der Waals surface area (Å²) >= 11 is 0. The van der Waals surface area contributed by atoms with Crippen LogP contribution in [-0.2, 0) is 0 Å². The van der Waals surface area contributed by atoms with Crippen LogP contribution in [0.1, 0.15) is 65.7 Å². The predicted molar refractivity (Wildman–Crippen MR) is 76.8 cm³/mol. The van der Waals surface area contributed by atoms with Crippen LogP contribution in [0.3, 0.4) is 0 Å². The smallest absolute Gasteiger partial charge is 0.0309 e. The first-order chi connectivity index (χ1) is 8.51. The van der Waals surface area contributed by atoms with E-state index in [4.69, 9.17) is 0 Å². The first-order valence-corrected chi connectivity index (χ1v) is 8.03. The molecule has 104 valence electrons. The van der Waals surface area contributed by atoms with Crippen molar-refractivity contribution < 1.29 is 0 Å². The van der Waals surface area contributed by atoms with Crippen LogP contribution in [-0.4, -0.2) is 35.1 Å². The van der Waals surface area contributed by atoms with E-state index in [9.17, 15) is 0 Å². The normalized spacial score (nSPS) is 38.8. The van der Waals surface area contributed by atoms with E-state index in [2.05, 4.69) is 31.0 Å². The minimum atomic E-state index is 0.344. The zero-order chi connectivity index (χ0) is 12.8. The molecule has 1 N–H and O–H groups in total. The largest absolute Gasteiger partial charge is 0.308 e. The molecule has 0 aromatic rings. The van der Waals surface area contributed by atoms with E-state index < -0.39 is 0 Å². The van der Waals surface area contributed by atoms with Crippen molar-refractivity contribution in [3.05, 3.63) is 0 Å². The summed E-state index contributed by atoms with van der Waals surface area (Å²) in [7, 11) is 0. The van der Waals surface area contributed by atoms with Crippen LogP contribution in [0, 0.1) is 5.92 Å². The molecule has 2 saturated carbocycles. The van der Waals surface area contributed by atoms with Gasteiger partial charge in [0.05, 0.1) is 0 Å². The number of hydrogen-bond donors (Lipinski definition) is 1. The van der Waals surface area contributed by atoms with Gasteiger partial charge in [-0.2, -0.15) is 0 Å². The van der Waals surface area contributed by atoms with Crippen molar-refractivity contribution in [2.75, 3.05) is 13.1 Å². The van der Waals surface area contributed by atoms with Gasteiger partial charge in [0, 0.05) is 30.2 Å². The highest BCUT2D eigenvalue weighted by Gasteiger charge is 2.49. The molecule has 2 aliphatic carbocycles. The lowest BCUT2D eigenvalue weighted by molar-refractivity contribution is -0.0202. The van der Waals surface area contributed by atoms with Crippen LogP contribution >= 0.6 is 0 Å². The van der Waals surface area contributed by atoms with Crippen LogP contribution in [0.15, 0.2) is 0 Å². The molecule has 2 heteroatoms. The average Bonchev–Trinajstić information content (AvgIpc) is 3.18. The molecule has 3 fully saturated rings. The van der Waals surface area contributed by atoms with Gasteiger partial charge in [0.25, 0.3) is 0 Å². The molecule has 0 spiro atoms. The summed E-state index contributed by atoms with van der Waals surface area (Å²) in [5.74, 6) is 0.944. The highest BCUT2D eigenvalue weighted by Crippen LogP contribution is 2.43. The topological polar surface area (TPSA) is 15.3 Å². The fourth-order valence-electron chi connectivity index (χ4n) is 4.15.